The minimum absolute atomic E-state index is 0.00750. The summed E-state index contributed by atoms with van der Waals surface area (Å²) in [6, 6.07) is 0. The van der Waals surface area contributed by atoms with Crippen molar-refractivity contribution in [3.05, 3.63) is 28.2 Å². The van der Waals surface area contributed by atoms with Crippen molar-refractivity contribution >= 4 is 23.7 Å². The van der Waals surface area contributed by atoms with Gasteiger partial charge in [0.25, 0.3) is 0 Å². The van der Waals surface area contributed by atoms with Crippen LogP contribution in [0.1, 0.15) is 22.6 Å². The number of hydrogen-bond donors (Lipinski definition) is 0. The Morgan fingerprint density at radius 1 is 1.40 bits per heavy atom. The zero-order chi connectivity index (χ0) is 14.9. The van der Waals surface area contributed by atoms with E-state index >= 15 is 0 Å². The van der Waals surface area contributed by atoms with Crippen molar-refractivity contribution in [1.29, 1.82) is 0 Å². The fourth-order valence-corrected chi connectivity index (χ4v) is 2.25. The molecule has 0 amide bonds. The number of alkyl halides is 3. The Labute approximate surface area is 118 Å². The third-order valence-electron chi connectivity index (χ3n) is 2.98. The van der Waals surface area contributed by atoms with E-state index in [1.165, 1.54) is 0 Å². The Hall–Kier alpha value is -1.63. The van der Waals surface area contributed by atoms with Gasteiger partial charge in [-0.05, 0) is 13.3 Å². The number of carbonyl (C=O) groups excluding carboxylic acids is 1. The number of nitrogens with zero attached hydrogens (tertiary/aromatic N) is 3. The third-order valence-corrected chi connectivity index (χ3v) is 3.27. The van der Waals surface area contributed by atoms with Gasteiger partial charge in [-0.15, -0.1) is 0 Å². The van der Waals surface area contributed by atoms with Gasteiger partial charge in [-0.3, -0.25) is 4.79 Å². The molecule has 20 heavy (non-hydrogen) atoms. The molecule has 1 aromatic rings. The van der Waals surface area contributed by atoms with Crippen LogP contribution in [-0.2, 0) is 0 Å². The van der Waals surface area contributed by atoms with E-state index in [4.69, 9.17) is 11.6 Å². The van der Waals surface area contributed by atoms with Crippen LogP contribution < -0.4 is 4.90 Å². The summed E-state index contributed by atoms with van der Waals surface area (Å²) < 4.78 is 37.7. The highest BCUT2D eigenvalue weighted by atomic mass is 35.5. The van der Waals surface area contributed by atoms with Gasteiger partial charge in [-0.1, -0.05) is 17.7 Å². The number of hydrogen-bond acceptors (Lipinski definition) is 4. The van der Waals surface area contributed by atoms with E-state index in [1.54, 1.807) is 11.8 Å². The van der Waals surface area contributed by atoms with E-state index in [0.29, 0.717) is 12.1 Å². The van der Waals surface area contributed by atoms with Crippen molar-refractivity contribution in [1.82, 2.24) is 9.97 Å². The van der Waals surface area contributed by atoms with E-state index in [-0.39, 0.29) is 36.0 Å². The number of carbonyl (C=O) groups is 1. The van der Waals surface area contributed by atoms with Crippen molar-refractivity contribution in [3.63, 3.8) is 0 Å². The Morgan fingerprint density at radius 2 is 2.10 bits per heavy atom. The van der Waals surface area contributed by atoms with Crippen LogP contribution in [0.4, 0.5) is 19.0 Å². The molecule has 0 N–H and O–H groups in total. The summed E-state index contributed by atoms with van der Waals surface area (Å²) in [6.07, 6.45) is -2.84. The highest BCUT2D eigenvalue weighted by Crippen LogP contribution is 2.32. The summed E-state index contributed by atoms with van der Waals surface area (Å²) in [5.41, 5.74) is -0.459. The molecule has 1 aliphatic heterocycles. The van der Waals surface area contributed by atoms with Crippen LogP contribution >= 0.6 is 11.6 Å². The summed E-state index contributed by atoms with van der Waals surface area (Å²) in [6.45, 7) is 1.76. The maximum atomic E-state index is 12.6. The summed E-state index contributed by atoms with van der Waals surface area (Å²) in [5, 5.41) is 0.00750. The molecule has 0 radical (unpaired) electrons. The van der Waals surface area contributed by atoms with Crippen molar-refractivity contribution in [2.75, 3.05) is 18.0 Å². The van der Waals surface area contributed by atoms with Gasteiger partial charge < -0.3 is 4.90 Å². The maximum absolute atomic E-state index is 12.6. The van der Waals surface area contributed by atoms with Gasteiger partial charge in [0.15, 0.2) is 6.29 Å². The molecule has 2 rings (SSSR count). The van der Waals surface area contributed by atoms with E-state index in [0.717, 1.165) is 6.08 Å². The number of aromatic nitrogens is 2. The fourth-order valence-electron chi connectivity index (χ4n) is 1.99. The van der Waals surface area contributed by atoms with Gasteiger partial charge in [-0.25, -0.2) is 9.97 Å². The first-order valence-electron chi connectivity index (χ1n) is 5.83. The van der Waals surface area contributed by atoms with Crippen LogP contribution in [0.2, 0.25) is 5.15 Å². The van der Waals surface area contributed by atoms with Crippen LogP contribution in [-0.4, -0.2) is 35.5 Å². The summed E-state index contributed by atoms with van der Waals surface area (Å²) >= 11 is 5.85. The first-order chi connectivity index (χ1) is 9.32. The zero-order valence-electron chi connectivity index (χ0n) is 10.5. The largest absolute Gasteiger partial charge is 0.412 e. The molecule has 1 aromatic heterocycles. The summed E-state index contributed by atoms with van der Waals surface area (Å²) in [4.78, 5) is 20.6. The van der Waals surface area contributed by atoms with Gasteiger partial charge in [0, 0.05) is 18.7 Å². The molecule has 1 aliphatic rings. The van der Waals surface area contributed by atoms with Crippen LogP contribution in [0, 0.1) is 6.92 Å². The third kappa shape index (κ3) is 2.92. The molecule has 2 heterocycles. The minimum Gasteiger partial charge on any atom is -0.352 e. The van der Waals surface area contributed by atoms with E-state index in [2.05, 4.69) is 9.97 Å². The van der Waals surface area contributed by atoms with Gasteiger partial charge in [0.2, 0.25) is 0 Å². The van der Waals surface area contributed by atoms with Crippen molar-refractivity contribution in [2.45, 2.75) is 19.5 Å². The van der Waals surface area contributed by atoms with Gasteiger partial charge in [0.1, 0.15) is 16.8 Å². The first-order valence-corrected chi connectivity index (χ1v) is 6.21. The number of halogens is 4. The molecule has 0 saturated carbocycles. The molecule has 8 heteroatoms. The smallest absolute Gasteiger partial charge is 0.352 e. The van der Waals surface area contributed by atoms with Crippen LogP contribution in [0.25, 0.3) is 0 Å². The molecule has 0 unspecified atom stereocenters. The van der Waals surface area contributed by atoms with Crippen molar-refractivity contribution in [3.8, 4) is 0 Å². The Morgan fingerprint density at radius 3 is 2.60 bits per heavy atom. The summed E-state index contributed by atoms with van der Waals surface area (Å²) in [5.74, 6) is 0.635. The quantitative estimate of drug-likeness (QED) is 0.479. The molecule has 0 atom stereocenters. The van der Waals surface area contributed by atoms with E-state index < -0.39 is 11.7 Å². The number of rotatable bonds is 2. The van der Waals surface area contributed by atoms with Gasteiger partial charge >= 0.3 is 6.18 Å². The second-order valence-corrected chi connectivity index (χ2v) is 4.70. The van der Waals surface area contributed by atoms with Gasteiger partial charge in [-0.2, -0.15) is 13.2 Å². The SMILES string of the molecule is Cc1nc(Cl)c(C=O)c(N2CC=C(C(F)(F)F)CC2)n1. The maximum Gasteiger partial charge on any atom is 0.412 e. The lowest BCUT2D eigenvalue weighted by atomic mass is 10.1. The zero-order valence-corrected chi connectivity index (χ0v) is 11.3. The van der Waals surface area contributed by atoms with Crippen LogP contribution in [0.15, 0.2) is 11.6 Å². The molecule has 0 spiro atoms. The number of anilines is 1. The molecule has 0 saturated heterocycles. The topological polar surface area (TPSA) is 46.1 Å². The highest BCUT2D eigenvalue weighted by Gasteiger charge is 2.35. The Kier molecular flexibility index (Phi) is 3.99. The average molecular weight is 306 g/mol. The monoisotopic (exact) mass is 305 g/mol. The molecular formula is C12H11ClF3N3O. The molecule has 0 aliphatic carbocycles. The normalized spacial score (nSPS) is 16.1. The summed E-state index contributed by atoms with van der Waals surface area (Å²) in [7, 11) is 0. The molecule has 108 valence electrons. The average Bonchev–Trinajstić information content (AvgIpc) is 2.37. The predicted octanol–water partition coefficient (Wildman–Crippen LogP) is 2.95. The Bertz CT molecular complexity index is 572. The molecular weight excluding hydrogens is 295 g/mol. The number of aryl methyl sites for hydroxylation is 1. The van der Waals surface area contributed by atoms with Crippen LogP contribution in [0.3, 0.4) is 0 Å². The minimum atomic E-state index is -4.31. The molecule has 0 bridgehead atoms. The molecule has 4 nitrogen and oxygen atoms in total. The van der Waals surface area contributed by atoms with Crippen molar-refractivity contribution in [2.24, 2.45) is 0 Å². The lowest BCUT2D eigenvalue weighted by molar-refractivity contribution is -0.0944. The Balaban J connectivity index is 2.32. The first kappa shape index (κ1) is 14.8. The second kappa shape index (κ2) is 5.40. The predicted molar refractivity (Wildman–Crippen MR) is 68.1 cm³/mol. The van der Waals surface area contributed by atoms with Crippen molar-refractivity contribution < 1.29 is 18.0 Å². The fraction of sp³-hybridized carbons (Fsp3) is 0.417. The highest BCUT2D eigenvalue weighted by molar-refractivity contribution is 6.32. The lowest BCUT2D eigenvalue weighted by Crippen LogP contribution is -2.33. The second-order valence-electron chi connectivity index (χ2n) is 4.34. The van der Waals surface area contributed by atoms with E-state index in [1.807, 2.05) is 0 Å². The molecule has 0 aromatic carbocycles. The van der Waals surface area contributed by atoms with E-state index in [9.17, 15) is 18.0 Å². The molecule has 0 fully saturated rings. The number of aldehydes is 1. The standard InChI is InChI=1S/C12H11ClF3N3O/c1-7-17-10(13)9(6-20)11(18-7)19-4-2-8(3-5-19)12(14,15)16/h2,6H,3-5H2,1H3. The lowest BCUT2D eigenvalue weighted by Gasteiger charge is -2.29. The van der Waals surface area contributed by atoms with Crippen LogP contribution in [0.5, 0.6) is 0 Å². The van der Waals surface area contributed by atoms with Gasteiger partial charge in [0.05, 0.1) is 5.56 Å².